The van der Waals surface area contributed by atoms with E-state index in [-0.39, 0.29) is 11.8 Å². The molecule has 3 aromatic carbocycles. The second kappa shape index (κ2) is 9.61. The molecule has 4 rings (SSSR count). The summed E-state index contributed by atoms with van der Waals surface area (Å²) < 4.78 is 10.8. The van der Waals surface area contributed by atoms with Crippen LogP contribution in [0, 0.1) is 0 Å². The molecule has 0 fully saturated rings. The molecule has 0 aliphatic carbocycles. The summed E-state index contributed by atoms with van der Waals surface area (Å²) in [5.74, 6) is 0.638. The van der Waals surface area contributed by atoms with Crippen molar-refractivity contribution < 1.29 is 19.1 Å². The van der Waals surface area contributed by atoms with E-state index in [1.54, 1.807) is 55.6 Å². The molecule has 168 valence electrons. The van der Waals surface area contributed by atoms with Gasteiger partial charge in [0.25, 0.3) is 11.8 Å². The quantitative estimate of drug-likeness (QED) is 0.464. The number of methoxy groups -OCH3 is 1. The lowest BCUT2D eigenvalue weighted by Gasteiger charge is -2.25. The van der Waals surface area contributed by atoms with Crippen molar-refractivity contribution in [2.75, 3.05) is 30.1 Å². The predicted molar refractivity (Wildman–Crippen MR) is 129 cm³/mol. The van der Waals surface area contributed by atoms with E-state index < -0.39 is 0 Å². The highest BCUT2D eigenvalue weighted by Gasteiger charge is 2.42. The smallest absolute Gasteiger partial charge is 0.282 e. The lowest BCUT2D eigenvalue weighted by molar-refractivity contribution is -0.120. The van der Waals surface area contributed by atoms with Gasteiger partial charge in [0, 0.05) is 12.2 Å². The first-order valence-electron chi connectivity index (χ1n) is 10.9. The average molecular weight is 443 g/mol. The van der Waals surface area contributed by atoms with E-state index in [0.29, 0.717) is 47.2 Å². The van der Waals surface area contributed by atoms with Crippen molar-refractivity contribution in [2.24, 2.45) is 0 Å². The summed E-state index contributed by atoms with van der Waals surface area (Å²) in [5, 5.41) is 0. The molecule has 0 aromatic heterocycles. The normalized spacial score (nSPS) is 13.5. The molecule has 6 heteroatoms. The Hall–Kier alpha value is -4.06. The minimum atomic E-state index is -0.362. The third-order valence-corrected chi connectivity index (χ3v) is 5.50. The highest BCUT2D eigenvalue weighted by Crippen LogP contribution is 2.37. The highest BCUT2D eigenvalue weighted by molar-refractivity contribution is 6.46. The number of anilines is 2. The van der Waals surface area contributed by atoms with Crippen molar-refractivity contribution in [1.29, 1.82) is 0 Å². The number of benzene rings is 3. The van der Waals surface area contributed by atoms with Crippen LogP contribution >= 0.6 is 0 Å². The van der Waals surface area contributed by atoms with Crippen LogP contribution in [0.1, 0.15) is 19.4 Å². The Kier molecular flexibility index (Phi) is 6.45. The minimum absolute atomic E-state index is 0.354. The summed E-state index contributed by atoms with van der Waals surface area (Å²) in [4.78, 5) is 30.6. The molecule has 33 heavy (non-hydrogen) atoms. The summed E-state index contributed by atoms with van der Waals surface area (Å²) in [7, 11) is 1.59. The first kappa shape index (κ1) is 22.1. The number of carbonyl (C=O) groups is 2. The summed E-state index contributed by atoms with van der Waals surface area (Å²) in [6, 6.07) is 23.8. The van der Waals surface area contributed by atoms with Crippen molar-refractivity contribution in [1.82, 2.24) is 0 Å². The van der Waals surface area contributed by atoms with Crippen molar-refractivity contribution >= 4 is 28.8 Å². The van der Waals surface area contributed by atoms with Gasteiger partial charge < -0.3 is 14.4 Å². The molecule has 1 heterocycles. The van der Waals surface area contributed by atoms with E-state index in [1.807, 2.05) is 49.1 Å². The van der Waals surface area contributed by atoms with Gasteiger partial charge >= 0.3 is 0 Å². The summed E-state index contributed by atoms with van der Waals surface area (Å²) in [6.45, 7) is 4.93. The van der Waals surface area contributed by atoms with Gasteiger partial charge in [-0.05, 0) is 67.9 Å². The molecule has 0 saturated heterocycles. The molecule has 0 bridgehead atoms. The van der Waals surface area contributed by atoms with Gasteiger partial charge in [-0.2, -0.15) is 0 Å². The number of nitrogens with zero attached hydrogens (tertiary/aromatic N) is 2. The molecule has 0 radical (unpaired) electrons. The zero-order chi connectivity index (χ0) is 23.4. The molecule has 0 saturated carbocycles. The maximum atomic E-state index is 13.8. The number of imide groups is 1. The molecule has 0 N–H and O–H groups in total. The van der Waals surface area contributed by atoms with Gasteiger partial charge in [-0.15, -0.1) is 0 Å². The Morgan fingerprint density at radius 1 is 0.788 bits per heavy atom. The largest absolute Gasteiger partial charge is 0.497 e. The Balaban J connectivity index is 1.83. The van der Waals surface area contributed by atoms with Gasteiger partial charge in [-0.25, -0.2) is 4.90 Å². The second-order valence-corrected chi connectivity index (χ2v) is 7.40. The molecule has 6 nitrogen and oxygen atoms in total. The molecular weight excluding hydrogens is 416 g/mol. The van der Waals surface area contributed by atoms with Gasteiger partial charge in [-0.1, -0.05) is 30.3 Å². The fourth-order valence-electron chi connectivity index (χ4n) is 3.96. The van der Waals surface area contributed by atoms with Gasteiger partial charge in [0.2, 0.25) is 0 Å². The molecule has 1 aliphatic rings. The van der Waals surface area contributed by atoms with Gasteiger partial charge in [0.15, 0.2) is 0 Å². The van der Waals surface area contributed by atoms with Gasteiger partial charge in [0.1, 0.15) is 17.2 Å². The molecule has 0 unspecified atom stereocenters. The SMILES string of the molecule is CCOc1ccc(N2C(=O)C(c3ccc(OC)cc3)=C(N(CC)c3ccccc3)C2=O)cc1. The van der Waals surface area contributed by atoms with Crippen LogP contribution in [-0.2, 0) is 9.59 Å². The molecule has 2 amide bonds. The fraction of sp³-hybridized carbons (Fsp3) is 0.185. The number of hydrogen-bond donors (Lipinski definition) is 0. The lowest BCUT2D eigenvalue weighted by atomic mass is 10.0. The van der Waals surface area contributed by atoms with Crippen LogP contribution < -0.4 is 19.3 Å². The fourth-order valence-corrected chi connectivity index (χ4v) is 3.96. The first-order valence-corrected chi connectivity index (χ1v) is 10.9. The van der Waals surface area contributed by atoms with Crippen LogP contribution in [-0.4, -0.2) is 32.1 Å². The third-order valence-electron chi connectivity index (χ3n) is 5.50. The molecule has 0 atom stereocenters. The van der Waals surface area contributed by atoms with E-state index >= 15 is 0 Å². The number of amides is 2. The maximum Gasteiger partial charge on any atom is 0.282 e. The van der Waals surface area contributed by atoms with Crippen molar-refractivity contribution in [3.8, 4) is 11.5 Å². The van der Waals surface area contributed by atoms with Crippen LogP contribution in [0.5, 0.6) is 11.5 Å². The molecule has 3 aromatic rings. The monoisotopic (exact) mass is 442 g/mol. The predicted octanol–water partition coefficient (Wildman–Crippen LogP) is 4.90. The number of para-hydroxylation sites is 1. The van der Waals surface area contributed by atoms with Crippen molar-refractivity contribution in [3.05, 3.63) is 90.1 Å². The molecular formula is C27H26N2O4. The zero-order valence-corrected chi connectivity index (χ0v) is 18.9. The van der Waals surface area contributed by atoms with E-state index in [9.17, 15) is 9.59 Å². The Morgan fingerprint density at radius 2 is 1.42 bits per heavy atom. The standard InChI is InChI=1S/C27H26N2O4/c1-4-28(20-9-7-6-8-10-20)25-24(19-11-15-22(32-3)16-12-19)26(30)29(27(25)31)21-13-17-23(18-14-21)33-5-2/h6-18H,4-5H2,1-3H3. The number of likely N-dealkylation sites (N-methyl/N-ethyl adjacent to an activating group) is 1. The lowest BCUT2D eigenvalue weighted by Crippen LogP contribution is -2.35. The maximum absolute atomic E-state index is 13.8. The highest BCUT2D eigenvalue weighted by atomic mass is 16.5. The van der Waals surface area contributed by atoms with Crippen LogP contribution in [0.4, 0.5) is 11.4 Å². The average Bonchev–Trinajstić information content (AvgIpc) is 3.11. The third kappa shape index (κ3) is 4.20. The Labute approximate surface area is 193 Å². The topological polar surface area (TPSA) is 59.1 Å². The van der Waals surface area contributed by atoms with E-state index in [1.165, 1.54) is 4.90 Å². The summed E-state index contributed by atoms with van der Waals surface area (Å²) in [5.41, 5.74) is 2.72. The summed E-state index contributed by atoms with van der Waals surface area (Å²) in [6.07, 6.45) is 0. The van der Waals surface area contributed by atoms with E-state index in [2.05, 4.69) is 0 Å². The Morgan fingerprint density at radius 3 is 2.00 bits per heavy atom. The van der Waals surface area contributed by atoms with Crippen LogP contribution in [0.15, 0.2) is 84.6 Å². The van der Waals surface area contributed by atoms with Crippen LogP contribution in [0.3, 0.4) is 0 Å². The van der Waals surface area contributed by atoms with Crippen LogP contribution in [0.25, 0.3) is 5.57 Å². The number of rotatable bonds is 8. The van der Waals surface area contributed by atoms with Crippen LogP contribution in [0.2, 0.25) is 0 Å². The first-order chi connectivity index (χ1) is 16.1. The number of ether oxygens (including phenoxy) is 2. The van der Waals surface area contributed by atoms with Gasteiger partial charge in [-0.3, -0.25) is 9.59 Å². The van der Waals surface area contributed by atoms with E-state index in [4.69, 9.17) is 9.47 Å². The molecule has 0 spiro atoms. The minimum Gasteiger partial charge on any atom is -0.497 e. The summed E-state index contributed by atoms with van der Waals surface area (Å²) >= 11 is 0. The van der Waals surface area contributed by atoms with Crippen molar-refractivity contribution in [2.45, 2.75) is 13.8 Å². The number of hydrogen-bond acceptors (Lipinski definition) is 5. The van der Waals surface area contributed by atoms with Gasteiger partial charge in [0.05, 0.1) is 25.0 Å². The van der Waals surface area contributed by atoms with Crippen molar-refractivity contribution in [3.63, 3.8) is 0 Å². The number of carbonyl (C=O) groups excluding carboxylic acids is 2. The molecule has 1 aliphatic heterocycles. The second-order valence-electron chi connectivity index (χ2n) is 7.40. The Bertz CT molecular complexity index is 1170. The van der Waals surface area contributed by atoms with E-state index in [0.717, 1.165) is 5.69 Å². The zero-order valence-electron chi connectivity index (χ0n) is 18.9.